The first-order valence-electron chi connectivity index (χ1n) is 4.51. The van der Waals surface area contributed by atoms with Gasteiger partial charge in [0, 0.05) is 16.2 Å². The van der Waals surface area contributed by atoms with E-state index in [9.17, 15) is 10.1 Å². The smallest absolute Gasteiger partial charge is 0.293 e. The summed E-state index contributed by atoms with van der Waals surface area (Å²) in [7, 11) is 0. The maximum absolute atomic E-state index is 10.7. The van der Waals surface area contributed by atoms with Gasteiger partial charge in [0.2, 0.25) is 0 Å². The summed E-state index contributed by atoms with van der Waals surface area (Å²) >= 11 is 1.98. The minimum Gasteiger partial charge on any atom is -0.394 e. The molecule has 1 aromatic rings. The van der Waals surface area contributed by atoms with Gasteiger partial charge in [0.25, 0.3) is 5.69 Å². The number of rotatable bonds is 5. The molecule has 0 aliphatic rings. The summed E-state index contributed by atoms with van der Waals surface area (Å²) in [5.74, 6) is 0. The Hall–Kier alpha value is -0.930. The van der Waals surface area contributed by atoms with Gasteiger partial charge in [0.1, 0.15) is 5.69 Å². The third-order valence-electron chi connectivity index (χ3n) is 1.90. The monoisotopic (exact) mass is 338 g/mol. The van der Waals surface area contributed by atoms with Gasteiger partial charge in [-0.3, -0.25) is 10.1 Å². The fourth-order valence-corrected chi connectivity index (χ4v) is 1.57. The summed E-state index contributed by atoms with van der Waals surface area (Å²) in [6, 6.07) is 4.74. The average Bonchev–Trinajstić information content (AvgIpc) is 2.26. The Labute approximate surface area is 106 Å². The lowest BCUT2D eigenvalue weighted by Crippen LogP contribution is -2.23. The zero-order valence-electron chi connectivity index (χ0n) is 8.26. The van der Waals surface area contributed by atoms with Gasteiger partial charge in [0.15, 0.2) is 0 Å². The summed E-state index contributed by atoms with van der Waals surface area (Å²) in [5, 5.41) is 31.2. The van der Waals surface area contributed by atoms with Crippen LogP contribution in [0, 0.1) is 13.7 Å². The van der Waals surface area contributed by atoms with Crippen molar-refractivity contribution in [3.63, 3.8) is 0 Å². The maximum Gasteiger partial charge on any atom is 0.293 e. The summed E-state index contributed by atoms with van der Waals surface area (Å²) in [6.07, 6.45) is -0.932. The van der Waals surface area contributed by atoms with E-state index < -0.39 is 11.0 Å². The molecule has 7 heteroatoms. The second-order valence-electron chi connectivity index (χ2n) is 3.14. The molecule has 0 fully saturated rings. The van der Waals surface area contributed by atoms with Crippen LogP contribution in [0.1, 0.15) is 0 Å². The topological polar surface area (TPSA) is 95.6 Å². The third kappa shape index (κ3) is 3.58. The molecule has 16 heavy (non-hydrogen) atoms. The summed E-state index contributed by atoms with van der Waals surface area (Å²) in [6.45, 7) is -0.316. The molecule has 0 saturated heterocycles. The Morgan fingerprint density at radius 1 is 1.56 bits per heavy atom. The molecule has 0 amide bonds. The van der Waals surface area contributed by atoms with Crippen LogP contribution in [0.4, 0.5) is 11.4 Å². The van der Waals surface area contributed by atoms with Gasteiger partial charge in [-0.25, -0.2) is 0 Å². The van der Waals surface area contributed by atoms with Gasteiger partial charge in [0.05, 0.1) is 17.6 Å². The number of halogens is 1. The molecule has 1 rings (SSSR count). The fourth-order valence-electron chi connectivity index (χ4n) is 1.10. The van der Waals surface area contributed by atoms with E-state index in [2.05, 4.69) is 5.32 Å². The van der Waals surface area contributed by atoms with E-state index in [4.69, 9.17) is 10.2 Å². The lowest BCUT2D eigenvalue weighted by molar-refractivity contribution is -0.384. The van der Waals surface area contributed by atoms with Crippen molar-refractivity contribution in [3.8, 4) is 0 Å². The van der Waals surface area contributed by atoms with Crippen LogP contribution in [0.15, 0.2) is 18.2 Å². The number of aliphatic hydroxyl groups excluding tert-OH is 2. The molecule has 0 aromatic heterocycles. The number of nitro groups is 1. The van der Waals surface area contributed by atoms with Crippen molar-refractivity contribution >= 4 is 34.0 Å². The van der Waals surface area contributed by atoms with E-state index in [1.54, 1.807) is 12.1 Å². The van der Waals surface area contributed by atoms with Crippen molar-refractivity contribution in [1.82, 2.24) is 0 Å². The predicted octanol–water partition coefficient (Wildman–Crippen LogP) is 0.964. The van der Waals surface area contributed by atoms with E-state index in [0.717, 1.165) is 3.57 Å². The van der Waals surface area contributed by atoms with Crippen LogP contribution in [0.25, 0.3) is 0 Å². The summed E-state index contributed by atoms with van der Waals surface area (Å²) < 4.78 is 0.762. The van der Waals surface area contributed by atoms with Crippen LogP contribution < -0.4 is 5.32 Å². The lowest BCUT2D eigenvalue weighted by atomic mass is 10.2. The number of nitrogens with one attached hydrogen (secondary N) is 1. The third-order valence-corrected chi connectivity index (χ3v) is 2.57. The molecule has 1 atom stereocenters. The minimum absolute atomic E-state index is 0.0444. The Morgan fingerprint density at radius 3 is 2.81 bits per heavy atom. The molecule has 0 bridgehead atoms. The molecule has 0 radical (unpaired) electrons. The van der Waals surface area contributed by atoms with Crippen LogP contribution in [-0.2, 0) is 0 Å². The van der Waals surface area contributed by atoms with Gasteiger partial charge < -0.3 is 15.5 Å². The van der Waals surface area contributed by atoms with Crippen LogP contribution in [0.2, 0.25) is 0 Å². The number of anilines is 1. The normalized spacial score (nSPS) is 12.2. The van der Waals surface area contributed by atoms with Crippen molar-refractivity contribution in [2.75, 3.05) is 18.5 Å². The van der Waals surface area contributed by atoms with Gasteiger partial charge in [-0.2, -0.15) is 0 Å². The van der Waals surface area contributed by atoms with E-state index in [0.29, 0.717) is 5.69 Å². The molecular weight excluding hydrogens is 327 g/mol. The lowest BCUT2D eigenvalue weighted by Gasteiger charge is -2.10. The maximum atomic E-state index is 10.7. The number of hydrogen-bond donors (Lipinski definition) is 3. The number of nitro benzene ring substituents is 1. The Balaban J connectivity index is 2.82. The molecule has 6 nitrogen and oxygen atoms in total. The van der Waals surface area contributed by atoms with E-state index >= 15 is 0 Å². The molecule has 3 N–H and O–H groups in total. The highest BCUT2D eigenvalue weighted by molar-refractivity contribution is 14.1. The van der Waals surface area contributed by atoms with Crippen LogP contribution >= 0.6 is 22.6 Å². The van der Waals surface area contributed by atoms with E-state index in [1.807, 2.05) is 22.6 Å². The van der Waals surface area contributed by atoms with E-state index in [-0.39, 0.29) is 18.8 Å². The Bertz CT molecular complexity index is 386. The summed E-state index contributed by atoms with van der Waals surface area (Å²) in [5.41, 5.74) is 0.287. The second-order valence-corrected chi connectivity index (χ2v) is 4.38. The van der Waals surface area contributed by atoms with Crippen molar-refractivity contribution in [2.24, 2.45) is 0 Å². The van der Waals surface area contributed by atoms with Gasteiger partial charge in [-0.15, -0.1) is 0 Å². The van der Waals surface area contributed by atoms with Gasteiger partial charge in [-0.05, 0) is 34.7 Å². The zero-order valence-corrected chi connectivity index (χ0v) is 10.4. The van der Waals surface area contributed by atoms with Crippen LogP contribution in [-0.4, -0.2) is 34.4 Å². The van der Waals surface area contributed by atoms with Gasteiger partial charge in [-0.1, -0.05) is 0 Å². The quantitative estimate of drug-likeness (QED) is 0.422. The first kappa shape index (κ1) is 13.1. The van der Waals surface area contributed by atoms with Crippen molar-refractivity contribution in [1.29, 1.82) is 0 Å². The van der Waals surface area contributed by atoms with Gasteiger partial charge >= 0.3 is 0 Å². The largest absolute Gasteiger partial charge is 0.394 e. The van der Waals surface area contributed by atoms with Crippen LogP contribution in [0.5, 0.6) is 0 Å². The van der Waals surface area contributed by atoms with Crippen LogP contribution in [0.3, 0.4) is 0 Å². The fraction of sp³-hybridized carbons (Fsp3) is 0.333. The average molecular weight is 338 g/mol. The molecule has 0 unspecified atom stereocenters. The molecule has 1 aromatic carbocycles. The molecule has 0 spiro atoms. The first-order chi connectivity index (χ1) is 7.54. The SMILES string of the molecule is O=[N+]([O-])c1cc(I)ccc1NC[C@H](O)CO. The van der Waals surface area contributed by atoms with Crippen molar-refractivity contribution in [3.05, 3.63) is 31.9 Å². The highest BCUT2D eigenvalue weighted by Gasteiger charge is 2.14. The molecular formula is C9H11IN2O4. The second kappa shape index (κ2) is 5.97. The van der Waals surface area contributed by atoms with Crippen molar-refractivity contribution < 1.29 is 15.1 Å². The number of nitrogens with zero attached hydrogens (tertiary/aromatic N) is 1. The minimum atomic E-state index is -0.932. The first-order valence-corrected chi connectivity index (χ1v) is 5.59. The summed E-state index contributed by atoms with van der Waals surface area (Å²) in [4.78, 5) is 10.2. The number of benzene rings is 1. The highest BCUT2D eigenvalue weighted by Crippen LogP contribution is 2.26. The molecule has 88 valence electrons. The number of hydrogen-bond acceptors (Lipinski definition) is 5. The molecule has 0 aliphatic carbocycles. The Kier molecular flexibility index (Phi) is 4.90. The molecule has 0 heterocycles. The predicted molar refractivity (Wildman–Crippen MR) is 67.4 cm³/mol. The zero-order chi connectivity index (χ0) is 12.1. The molecule has 0 aliphatic heterocycles. The standard InChI is InChI=1S/C9H11IN2O4/c10-6-1-2-8(9(3-6)12(15)16)11-4-7(14)5-13/h1-3,7,11,13-14H,4-5H2/t7-/m0/s1. The highest BCUT2D eigenvalue weighted by atomic mass is 127. The molecule has 0 saturated carbocycles. The number of aliphatic hydroxyl groups is 2. The van der Waals surface area contributed by atoms with E-state index in [1.165, 1.54) is 6.07 Å². The van der Waals surface area contributed by atoms with Crippen molar-refractivity contribution in [2.45, 2.75) is 6.10 Å². The Morgan fingerprint density at radius 2 is 2.25 bits per heavy atom.